The van der Waals surface area contributed by atoms with Gasteiger partial charge in [0.25, 0.3) is 0 Å². The second-order valence-electron chi connectivity index (χ2n) is 10.8. The smallest absolute Gasteiger partial charge is 0.340 e. The van der Waals surface area contributed by atoms with Crippen molar-refractivity contribution in [3.63, 3.8) is 0 Å². The number of nitrogens with one attached hydrogen (secondary N) is 1. The number of ether oxygens (including phenoxy) is 1. The molecule has 3 aromatic heterocycles. The van der Waals surface area contributed by atoms with E-state index in [2.05, 4.69) is 38.7 Å². The Kier molecular flexibility index (Phi) is 6.95. The normalized spacial score (nSPS) is 12.4. The number of halogens is 1. The number of imidazole rings is 1. The van der Waals surface area contributed by atoms with E-state index >= 15 is 4.39 Å². The number of carbonyl (C=O) groups excluding carboxylic acids is 1. The molecule has 0 spiro atoms. The fraction of sp³-hybridized carbons (Fsp3) is 0.171. The van der Waals surface area contributed by atoms with Gasteiger partial charge in [0.2, 0.25) is 0 Å². The summed E-state index contributed by atoms with van der Waals surface area (Å²) in [7, 11) is 1.35. The van der Waals surface area contributed by atoms with Gasteiger partial charge < -0.3 is 19.2 Å². The van der Waals surface area contributed by atoms with Crippen molar-refractivity contribution < 1.29 is 13.9 Å². The predicted octanol–water partition coefficient (Wildman–Crippen LogP) is 7.17. The highest BCUT2D eigenvalue weighted by atomic mass is 19.1. The zero-order valence-corrected chi connectivity index (χ0v) is 23.8. The van der Waals surface area contributed by atoms with Crippen molar-refractivity contribution >= 4 is 22.7 Å². The minimum Gasteiger partial charge on any atom is -0.465 e. The largest absolute Gasteiger partial charge is 0.465 e. The van der Waals surface area contributed by atoms with Crippen LogP contribution in [-0.4, -0.2) is 32.6 Å². The van der Waals surface area contributed by atoms with Crippen LogP contribution in [0.4, 0.5) is 10.2 Å². The number of hydrogen-bond acceptors (Lipinski definition) is 5. The van der Waals surface area contributed by atoms with Gasteiger partial charge in [0, 0.05) is 60.7 Å². The third-order valence-electron chi connectivity index (χ3n) is 8.01. The average molecular weight is 572 g/mol. The van der Waals surface area contributed by atoms with Gasteiger partial charge in [0.05, 0.1) is 23.9 Å². The highest BCUT2D eigenvalue weighted by molar-refractivity contribution is 6.07. The van der Waals surface area contributed by atoms with Crippen LogP contribution in [0, 0.1) is 5.82 Å². The van der Waals surface area contributed by atoms with Crippen LogP contribution in [0.5, 0.6) is 0 Å². The maximum Gasteiger partial charge on any atom is 0.340 e. The van der Waals surface area contributed by atoms with E-state index in [1.165, 1.54) is 7.11 Å². The SMILES string of the molecule is COC(=O)c1cnc(N(Cc2ccccc2)Cc2ccccc2)c2[nH]c(-c3cccc(-c4cn5c(n4)CCC5)c3F)cc12. The monoisotopic (exact) mass is 571 g/mol. The molecule has 0 unspecified atom stereocenters. The molecule has 1 aliphatic rings. The molecule has 8 heteroatoms. The number of benzene rings is 3. The molecule has 1 aliphatic heterocycles. The molecule has 1 N–H and O–H groups in total. The minimum absolute atomic E-state index is 0.310. The van der Waals surface area contributed by atoms with Gasteiger partial charge in [-0.25, -0.2) is 19.2 Å². The number of hydrogen-bond donors (Lipinski definition) is 1. The fourth-order valence-electron chi connectivity index (χ4n) is 5.90. The molecule has 3 aromatic carbocycles. The number of aryl methyl sites for hydroxylation is 2. The predicted molar refractivity (Wildman–Crippen MR) is 165 cm³/mol. The van der Waals surface area contributed by atoms with Crippen molar-refractivity contribution in [3.8, 4) is 22.5 Å². The summed E-state index contributed by atoms with van der Waals surface area (Å²) >= 11 is 0. The lowest BCUT2D eigenvalue weighted by molar-refractivity contribution is 0.0602. The molecule has 4 heterocycles. The molecule has 0 atom stereocenters. The van der Waals surface area contributed by atoms with Crippen LogP contribution in [0.1, 0.15) is 33.7 Å². The number of rotatable bonds is 8. The molecule has 0 fully saturated rings. The number of fused-ring (bicyclic) bond motifs is 2. The molecule has 43 heavy (non-hydrogen) atoms. The molecule has 0 saturated heterocycles. The second-order valence-corrected chi connectivity index (χ2v) is 10.8. The summed E-state index contributed by atoms with van der Waals surface area (Å²) in [5, 5.41) is 0.615. The summed E-state index contributed by atoms with van der Waals surface area (Å²) in [5.41, 5.74) is 5.17. The Morgan fingerprint density at radius 2 is 1.67 bits per heavy atom. The van der Waals surface area contributed by atoms with Crippen molar-refractivity contribution in [2.75, 3.05) is 12.0 Å². The molecule has 0 aliphatic carbocycles. The Labute approximate surface area is 248 Å². The van der Waals surface area contributed by atoms with E-state index in [1.54, 1.807) is 18.3 Å². The molecule has 214 valence electrons. The first-order valence-corrected chi connectivity index (χ1v) is 14.4. The topological polar surface area (TPSA) is 76.0 Å². The first-order chi connectivity index (χ1) is 21.1. The van der Waals surface area contributed by atoms with Gasteiger partial charge in [-0.3, -0.25) is 0 Å². The number of anilines is 1. The molecule has 0 amide bonds. The Hall–Kier alpha value is -5.24. The maximum atomic E-state index is 16.2. The van der Waals surface area contributed by atoms with Crippen LogP contribution in [0.3, 0.4) is 0 Å². The number of esters is 1. The summed E-state index contributed by atoms with van der Waals surface area (Å²) in [4.78, 5) is 27.9. The summed E-state index contributed by atoms with van der Waals surface area (Å²) in [6.45, 7) is 2.07. The number of aromatic nitrogens is 4. The molecule has 7 nitrogen and oxygen atoms in total. The molecular weight excluding hydrogens is 541 g/mol. The Morgan fingerprint density at radius 1 is 0.977 bits per heavy atom. The molecule has 0 radical (unpaired) electrons. The molecular formula is C35H30FN5O2. The van der Waals surface area contributed by atoms with Gasteiger partial charge in [-0.05, 0) is 35.7 Å². The maximum absolute atomic E-state index is 16.2. The van der Waals surface area contributed by atoms with E-state index in [4.69, 9.17) is 14.7 Å². The number of nitrogens with zero attached hydrogens (tertiary/aromatic N) is 4. The van der Waals surface area contributed by atoms with Gasteiger partial charge >= 0.3 is 5.97 Å². The van der Waals surface area contributed by atoms with E-state index in [0.29, 0.717) is 57.9 Å². The van der Waals surface area contributed by atoms with E-state index in [-0.39, 0.29) is 5.82 Å². The highest BCUT2D eigenvalue weighted by Crippen LogP contribution is 2.36. The van der Waals surface area contributed by atoms with Gasteiger partial charge in [0.15, 0.2) is 5.82 Å². The average Bonchev–Trinajstić information content (AvgIpc) is 3.77. The van der Waals surface area contributed by atoms with Crippen molar-refractivity contribution in [3.05, 3.63) is 126 Å². The molecule has 0 saturated carbocycles. The Balaban J connectivity index is 1.36. The van der Waals surface area contributed by atoms with Crippen molar-refractivity contribution in [2.45, 2.75) is 32.5 Å². The van der Waals surface area contributed by atoms with Crippen molar-refractivity contribution in [1.29, 1.82) is 0 Å². The quantitative estimate of drug-likeness (QED) is 0.196. The first kappa shape index (κ1) is 26.6. The third kappa shape index (κ3) is 5.05. The molecule has 7 rings (SSSR count). The zero-order valence-electron chi connectivity index (χ0n) is 23.8. The third-order valence-corrected chi connectivity index (χ3v) is 8.01. The number of pyridine rings is 1. The molecule has 0 bridgehead atoms. The van der Waals surface area contributed by atoms with Crippen LogP contribution in [-0.2, 0) is 30.8 Å². The minimum atomic E-state index is -0.506. The summed E-state index contributed by atoms with van der Waals surface area (Å²) in [6.07, 6.45) is 5.43. The van der Waals surface area contributed by atoms with Crippen molar-refractivity contribution in [2.24, 2.45) is 0 Å². The van der Waals surface area contributed by atoms with Gasteiger partial charge in [-0.2, -0.15) is 0 Å². The Bertz CT molecular complexity index is 1870. The van der Waals surface area contributed by atoms with E-state index in [0.717, 1.165) is 36.3 Å². The Morgan fingerprint density at radius 3 is 2.35 bits per heavy atom. The van der Waals surface area contributed by atoms with Crippen molar-refractivity contribution in [1.82, 2.24) is 19.5 Å². The van der Waals surface area contributed by atoms with Crippen LogP contribution < -0.4 is 4.90 Å². The van der Waals surface area contributed by atoms with E-state index in [9.17, 15) is 4.79 Å². The lowest BCUT2D eigenvalue weighted by atomic mass is 10.0. The number of carbonyl (C=O) groups is 1. The fourth-order valence-corrected chi connectivity index (χ4v) is 5.90. The van der Waals surface area contributed by atoms with E-state index < -0.39 is 5.97 Å². The van der Waals surface area contributed by atoms with Gasteiger partial charge in [0.1, 0.15) is 11.6 Å². The highest BCUT2D eigenvalue weighted by Gasteiger charge is 2.24. The summed E-state index contributed by atoms with van der Waals surface area (Å²) < 4.78 is 23.4. The number of methoxy groups -OCH3 is 1. The standard InChI is InChI=1S/C35H30FN5O2/c1-43-35(42)28-19-37-34(41(20-23-10-4-2-5-11-23)21-24-12-6-3-7-13-24)33-27(28)18-29(39-33)25-14-8-15-26(32(25)36)30-22-40-17-9-16-31(40)38-30/h2-8,10-15,18-19,22,39H,9,16-17,20-21H2,1H3. The lowest BCUT2D eigenvalue weighted by Crippen LogP contribution is -2.24. The summed E-state index contributed by atoms with van der Waals surface area (Å²) in [5.74, 6) is 0.767. The zero-order chi connectivity index (χ0) is 29.3. The first-order valence-electron chi connectivity index (χ1n) is 14.4. The number of aromatic amines is 1. The van der Waals surface area contributed by atoms with Crippen LogP contribution in [0.2, 0.25) is 0 Å². The lowest BCUT2D eigenvalue weighted by Gasteiger charge is -2.25. The second kappa shape index (κ2) is 11.2. The van der Waals surface area contributed by atoms with Gasteiger partial charge in [-0.15, -0.1) is 0 Å². The van der Waals surface area contributed by atoms with Crippen LogP contribution >= 0.6 is 0 Å². The van der Waals surface area contributed by atoms with Crippen LogP contribution in [0.15, 0.2) is 97.3 Å². The van der Waals surface area contributed by atoms with E-state index in [1.807, 2.05) is 54.7 Å². The number of H-pyrrole nitrogens is 1. The van der Waals surface area contributed by atoms with Crippen LogP contribution in [0.25, 0.3) is 33.4 Å². The molecule has 6 aromatic rings. The summed E-state index contributed by atoms with van der Waals surface area (Å²) in [6, 6.07) is 27.5. The van der Waals surface area contributed by atoms with Gasteiger partial charge in [-0.1, -0.05) is 66.7 Å².